The number of ketones is 1. The van der Waals surface area contributed by atoms with Crippen molar-refractivity contribution >= 4 is 27.7 Å². The molecule has 0 amide bonds. The Balaban J connectivity index is 1.77. The average Bonchev–Trinajstić information content (AvgIpc) is 2.83. The zero-order chi connectivity index (χ0) is 24.4. The van der Waals surface area contributed by atoms with Gasteiger partial charge in [-0.25, -0.2) is 4.79 Å². The maximum Gasteiger partial charge on any atom is 0.336 e. The van der Waals surface area contributed by atoms with Gasteiger partial charge in [0.1, 0.15) is 0 Å². The Kier molecular flexibility index (Phi) is 7.12. The van der Waals surface area contributed by atoms with Crippen molar-refractivity contribution in [1.82, 2.24) is 5.32 Å². The Labute approximate surface area is 208 Å². The van der Waals surface area contributed by atoms with Crippen LogP contribution in [-0.4, -0.2) is 32.6 Å². The van der Waals surface area contributed by atoms with Crippen LogP contribution in [0.4, 0.5) is 0 Å². The van der Waals surface area contributed by atoms with Crippen LogP contribution in [0.5, 0.6) is 11.5 Å². The summed E-state index contributed by atoms with van der Waals surface area (Å²) in [7, 11) is 3.20. The summed E-state index contributed by atoms with van der Waals surface area (Å²) in [4.78, 5) is 26.6. The monoisotopic (exact) mass is 525 g/mol. The van der Waals surface area contributed by atoms with Gasteiger partial charge in [0.15, 0.2) is 17.3 Å². The number of hydrogen-bond donors (Lipinski definition) is 1. The molecule has 0 saturated heterocycles. The van der Waals surface area contributed by atoms with Gasteiger partial charge in [0.2, 0.25) is 0 Å². The molecule has 7 heteroatoms. The van der Waals surface area contributed by atoms with Crippen molar-refractivity contribution in [2.24, 2.45) is 0 Å². The number of hydrogen-bond acceptors (Lipinski definition) is 6. The molecule has 1 aliphatic heterocycles. The SMILES string of the molecule is CCOC(=O)C1=C(C)NC2=C(C(=O)C[C@@H](c3ccc(OC)c(OC)c3)C2)[C@H]1c1ccc(Br)cc1. The van der Waals surface area contributed by atoms with E-state index in [1.807, 2.05) is 49.4 Å². The first-order chi connectivity index (χ1) is 16.4. The summed E-state index contributed by atoms with van der Waals surface area (Å²) >= 11 is 3.47. The third kappa shape index (κ3) is 4.49. The highest BCUT2D eigenvalue weighted by atomic mass is 79.9. The van der Waals surface area contributed by atoms with Gasteiger partial charge in [-0.3, -0.25) is 4.79 Å². The Morgan fingerprint density at radius 3 is 2.35 bits per heavy atom. The van der Waals surface area contributed by atoms with Crippen LogP contribution < -0.4 is 14.8 Å². The lowest BCUT2D eigenvalue weighted by atomic mass is 9.71. The van der Waals surface area contributed by atoms with E-state index < -0.39 is 11.9 Å². The van der Waals surface area contributed by atoms with Crippen LogP contribution in [0.3, 0.4) is 0 Å². The van der Waals surface area contributed by atoms with E-state index in [0.717, 1.165) is 21.3 Å². The van der Waals surface area contributed by atoms with Crippen LogP contribution >= 0.6 is 15.9 Å². The minimum Gasteiger partial charge on any atom is -0.493 e. The fourth-order valence-electron chi connectivity index (χ4n) is 4.85. The van der Waals surface area contributed by atoms with E-state index in [0.29, 0.717) is 41.2 Å². The highest BCUT2D eigenvalue weighted by Gasteiger charge is 2.41. The summed E-state index contributed by atoms with van der Waals surface area (Å²) in [6.07, 6.45) is 0.995. The van der Waals surface area contributed by atoms with Gasteiger partial charge in [0.05, 0.1) is 26.4 Å². The van der Waals surface area contributed by atoms with Gasteiger partial charge in [-0.2, -0.15) is 0 Å². The molecule has 4 rings (SSSR count). The molecule has 2 aliphatic rings. The molecule has 6 nitrogen and oxygen atoms in total. The summed E-state index contributed by atoms with van der Waals surface area (Å²) in [5, 5.41) is 3.37. The highest BCUT2D eigenvalue weighted by Crippen LogP contribution is 2.46. The second kappa shape index (κ2) is 10.1. The fraction of sp³-hybridized carbons (Fsp3) is 0.333. The van der Waals surface area contributed by atoms with Crippen molar-refractivity contribution in [2.45, 2.75) is 38.5 Å². The van der Waals surface area contributed by atoms with Crippen molar-refractivity contribution in [3.63, 3.8) is 0 Å². The molecule has 0 radical (unpaired) electrons. The number of halogens is 1. The number of nitrogens with one attached hydrogen (secondary N) is 1. The van der Waals surface area contributed by atoms with Crippen molar-refractivity contribution in [2.75, 3.05) is 20.8 Å². The number of Topliss-reactive ketones (excluding diaryl/α,β-unsaturated/α-hetero) is 1. The van der Waals surface area contributed by atoms with Gasteiger partial charge < -0.3 is 19.5 Å². The van der Waals surface area contributed by atoms with Gasteiger partial charge in [-0.15, -0.1) is 0 Å². The van der Waals surface area contributed by atoms with E-state index in [1.165, 1.54) is 0 Å². The zero-order valence-electron chi connectivity index (χ0n) is 19.7. The molecule has 0 saturated carbocycles. The second-order valence-corrected chi connectivity index (χ2v) is 9.32. The topological polar surface area (TPSA) is 73.9 Å². The summed E-state index contributed by atoms with van der Waals surface area (Å²) in [5.41, 5.74) is 4.60. The fourth-order valence-corrected chi connectivity index (χ4v) is 5.11. The van der Waals surface area contributed by atoms with Gasteiger partial charge in [0.25, 0.3) is 0 Å². The number of ether oxygens (including phenoxy) is 3. The molecule has 178 valence electrons. The number of esters is 1. The first kappa shape index (κ1) is 24.1. The molecule has 1 aliphatic carbocycles. The number of carbonyl (C=O) groups is 2. The summed E-state index contributed by atoms with van der Waals surface area (Å²) in [5.74, 6) is 0.426. The van der Waals surface area contributed by atoms with Gasteiger partial charge in [0, 0.05) is 33.8 Å². The van der Waals surface area contributed by atoms with Crippen molar-refractivity contribution in [1.29, 1.82) is 0 Å². The van der Waals surface area contributed by atoms with Crippen LogP contribution in [0.25, 0.3) is 0 Å². The standard InChI is InChI=1S/C27H28BrNO5/c1-5-34-27(31)24-15(2)29-20-12-18(17-8-11-22(32-3)23(14-17)33-4)13-21(30)26(20)25(24)16-6-9-19(28)10-7-16/h6-11,14,18,25,29H,5,12-13H2,1-4H3/t18-,25-/m0/s1. The van der Waals surface area contributed by atoms with Gasteiger partial charge in [-0.1, -0.05) is 34.1 Å². The van der Waals surface area contributed by atoms with Crippen molar-refractivity contribution in [3.05, 3.63) is 80.6 Å². The molecule has 2 aromatic rings. The molecular formula is C27H28BrNO5. The number of methoxy groups -OCH3 is 2. The van der Waals surface area contributed by atoms with Crippen LogP contribution in [-0.2, 0) is 14.3 Å². The number of allylic oxidation sites excluding steroid dienone is 3. The molecule has 34 heavy (non-hydrogen) atoms. The van der Waals surface area contributed by atoms with E-state index in [4.69, 9.17) is 14.2 Å². The van der Waals surface area contributed by atoms with E-state index in [9.17, 15) is 9.59 Å². The largest absolute Gasteiger partial charge is 0.493 e. The maximum atomic E-state index is 13.6. The lowest BCUT2D eigenvalue weighted by Gasteiger charge is -2.36. The summed E-state index contributed by atoms with van der Waals surface area (Å²) in [6.45, 7) is 3.92. The molecule has 0 spiro atoms. The summed E-state index contributed by atoms with van der Waals surface area (Å²) < 4.78 is 17.1. The van der Waals surface area contributed by atoms with E-state index in [2.05, 4.69) is 21.2 Å². The molecule has 0 bridgehead atoms. The molecule has 1 N–H and O–H groups in total. The van der Waals surface area contributed by atoms with Crippen LogP contribution in [0.1, 0.15) is 49.7 Å². The minimum absolute atomic E-state index is 0.0129. The number of benzene rings is 2. The molecule has 2 atom stereocenters. The van der Waals surface area contributed by atoms with Crippen LogP contribution in [0.2, 0.25) is 0 Å². The third-order valence-corrected chi connectivity index (χ3v) is 6.93. The van der Waals surface area contributed by atoms with Crippen LogP contribution in [0.15, 0.2) is 69.5 Å². The quantitative estimate of drug-likeness (QED) is 0.509. The lowest BCUT2D eigenvalue weighted by molar-refractivity contribution is -0.138. The molecule has 0 aromatic heterocycles. The van der Waals surface area contributed by atoms with Crippen molar-refractivity contribution in [3.8, 4) is 11.5 Å². The Bertz CT molecular complexity index is 1180. The highest BCUT2D eigenvalue weighted by molar-refractivity contribution is 9.10. The first-order valence-corrected chi connectivity index (χ1v) is 12.1. The predicted molar refractivity (Wildman–Crippen MR) is 133 cm³/mol. The third-order valence-electron chi connectivity index (χ3n) is 6.41. The average molecular weight is 526 g/mol. The molecular weight excluding hydrogens is 498 g/mol. The van der Waals surface area contributed by atoms with Gasteiger partial charge in [-0.05, 0) is 61.6 Å². The number of rotatable bonds is 6. The number of dihydropyridines is 1. The number of carbonyl (C=O) groups excluding carboxylic acids is 2. The predicted octanol–water partition coefficient (Wildman–Crippen LogP) is 5.39. The van der Waals surface area contributed by atoms with E-state index >= 15 is 0 Å². The van der Waals surface area contributed by atoms with E-state index in [1.54, 1.807) is 21.1 Å². The molecule has 0 unspecified atom stereocenters. The Morgan fingerprint density at radius 1 is 1.03 bits per heavy atom. The smallest absolute Gasteiger partial charge is 0.336 e. The minimum atomic E-state index is -0.470. The first-order valence-electron chi connectivity index (χ1n) is 11.3. The van der Waals surface area contributed by atoms with Gasteiger partial charge >= 0.3 is 5.97 Å². The summed E-state index contributed by atoms with van der Waals surface area (Å²) in [6, 6.07) is 13.5. The maximum absolute atomic E-state index is 13.6. The van der Waals surface area contributed by atoms with E-state index in [-0.39, 0.29) is 18.3 Å². The molecule has 1 heterocycles. The Morgan fingerprint density at radius 2 is 1.71 bits per heavy atom. The second-order valence-electron chi connectivity index (χ2n) is 8.40. The Hall–Kier alpha value is -3.06. The molecule has 0 fully saturated rings. The van der Waals surface area contributed by atoms with Crippen molar-refractivity contribution < 1.29 is 23.8 Å². The zero-order valence-corrected chi connectivity index (χ0v) is 21.3. The normalized spacial score (nSPS) is 20.0. The molecule has 2 aromatic carbocycles. The lowest BCUT2D eigenvalue weighted by Crippen LogP contribution is -2.36. The van der Waals surface area contributed by atoms with Crippen LogP contribution in [0, 0.1) is 0 Å².